The molecule has 0 aliphatic heterocycles. The van der Waals surface area contributed by atoms with Crippen LogP contribution in [0.4, 0.5) is 0 Å². The zero-order valence-electron chi connectivity index (χ0n) is 9.33. The normalized spacial score (nSPS) is 11.1. The topological polar surface area (TPSA) is 43.8 Å². The summed E-state index contributed by atoms with van der Waals surface area (Å²) >= 11 is 0. The molecule has 2 rings (SSSR count). The van der Waals surface area contributed by atoms with Crippen molar-refractivity contribution >= 4 is 10.9 Å². The van der Waals surface area contributed by atoms with Crippen LogP contribution >= 0.6 is 0 Å². The second-order valence-electron chi connectivity index (χ2n) is 3.81. The summed E-state index contributed by atoms with van der Waals surface area (Å²) in [5.74, 6) is 0. The Morgan fingerprint density at radius 3 is 2.87 bits per heavy atom. The van der Waals surface area contributed by atoms with Crippen LogP contribution in [0.2, 0.25) is 0 Å². The van der Waals surface area contributed by atoms with Crippen molar-refractivity contribution in [2.75, 3.05) is 6.54 Å². The van der Waals surface area contributed by atoms with E-state index in [1.807, 2.05) is 11.7 Å². The molecular weight excluding hydrogens is 186 g/mol. The van der Waals surface area contributed by atoms with Crippen molar-refractivity contribution in [2.45, 2.75) is 19.8 Å². The summed E-state index contributed by atoms with van der Waals surface area (Å²) in [6.45, 7) is 2.83. The lowest BCUT2D eigenvalue weighted by Crippen LogP contribution is -2.02. The van der Waals surface area contributed by atoms with Crippen LogP contribution in [-0.2, 0) is 19.9 Å². The molecule has 3 nitrogen and oxygen atoms in total. The predicted molar refractivity (Wildman–Crippen MR) is 62.9 cm³/mol. The zero-order chi connectivity index (χ0) is 10.8. The van der Waals surface area contributed by atoms with Gasteiger partial charge in [-0.1, -0.05) is 19.1 Å². The zero-order valence-corrected chi connectivity index (χ0v) is 9.33. The number of rotatable bonds is 3. The number of benzene rings is 1. The van der Waals surface area contributed by atoms with Gasteiger partial charge in [-0.15, -0.1) is 0 Å². The first-order valence-corrected chi connectivity index (χ1v) is 5.40. The Hall–Kier alpha value is -1.35. The number of hydrogen-bond donors (Lipinski definition) is 1. The summed E-state index contributed by atoms with van der Waals surface area (Å²) in [5, 5.41) is 5.76. The third-order valence-corrected chi connectivity index (χ3v) is 2.76. The van der Waals surface area contributed by atoms with Crippen molar-refractivity contribution in [1.29, 1.82) is 0 Å². The van der Waals surface area contributed by atoms with Gasteiger partial charge in [0.1, 0.15) is 0 Å². The van der Waals surface area contributed by atoms with Crippen LogP contribution in [0, 0.1) is 0 Å². The lowest BCUT2D eigenvalue weighted by atomic mass is 10.1. The first-order valence-electron chi connectivity index (χ1n) is 5.40. The SMILES string of the molecule is CCc1nn(C)c2cc(CCN)ccc12. The van der Waals surface area contributed by atoms with Gasteiger partial charge in [0.25, 0.3) is 0 Å². The van der Waals surface area contributed by atoms with E-state index in [0.29, 0.717) is 6.54 Å². The van der Waals surface area contributed by atoms with Crippen LogP contribution in [0.1, 0.15) is 18.2 Å². The molecule has 3 heteroatoms. The number of nitrogens with zero attached hydrogens (tertiary/aromatic N) is 2. The summed E-state index contributed by atoms with van der Waals surface area (Å²) < 4.78 is 1.95. The second kappa shape index (κ2) is 4.03. The maximum atomic E-state index is 5.55. The first-order chi connectivity index (χ1) is 7.26. The summed E-state index contributed by atoms with van der Waals surface area (Å²) in [4.78, 5) is 0. The summed E-state index contributed by atoms with van der Waals surface area (Å²) in [6, 6.07) is 6.50. The molecular formula is C12H17N3. The molecule has 2 aromatic rings. The molecule has 0 amide bonds. The largest absolute Gasteiger partial charge is 0.330 e. The van der Waals surface area contributed by atoms with Gasteiger partial charge in [-0.2, -0.15) is 5.10 Å². The Kier molecular flexibility index (Phi) is 2.73. The van der Waals surface area contributed by atoms with E-state index in [-0.39, 0.29) is 0 Å². The predicted octanol–water partition coefficient (Wildman–Crippen LogP) is 1.64. The van der Waals surface area contributed by atoms with Crippen LogP contribution in [-0.4, -0.2) is 16.3 Å². The van der Waals surface area contributed by atoms with Gasteiger partial charge in [0.05, 0.1) is 11.2 Å². The van der Waals surface area contributed by atoms with E-state index in [4.69, 9.17) is 5.73 Å². The smallest absolute Gasteiger partial charge is 0.0700 e. The molecule has 0 fully saturated rings. The third kappa shape index (κ3) is 1.75. The van der Waals surface area contributed by atoms with Crippen molar-refractivity contribution in [3.05, 3.63) is 29.5 Å². The monoisotopic (exact) mass is 203 g/mol. The van der Waals surface area contributed by atoms with E-state index < -0.39 is 0 Å². The maximum Gasteiger partial charge on any atom is 0.0700 e. The lowest BCUT2D eigenvalue weighted by molar-refractivity contribution is 0.769. The highest BCUT2D eigenvalue weighted by Crippen LogP contribution is 2.20. The van der Waals surface area contributed by atoms with Gasteiger partial charge in [-0.05, 0) is 31.0 Å². The summed E-state index contributed by atoms with van der Waals surface area (Å²) in [5.41, 5.74) is 9.22. The van der Waals surface area contributed by atoms with Crippen LogP contribution in [0.25, 0.3) is 10.9 Å². The molecule has 1 heterocycles. The Morgan fingerprint density at radius 2 is 2.20 bits per heavy atom. The molecule has 0 spiro atoms. The Labute approximate surface area is 89.9 Å². The average Bonchev–Trinajstić information content (AvgIpc) is 2.56. The Balaban J connectivity index is 2.56. The highest BCUT2D eigenvalue weighted by Gasteiger charge is 2.06. The Bertz CT molecular complexity index is 471. The molecule has 0 aliphatic carbocycles. The maximum absolute atomic E-state index is 5.55. The highest BCUT2D eigenvalue weighted by molar-refractivity contribution is 5.82. The van der Waals surface area contributed by atoms with Crippen LogP contribution in [0.3, 0.4) is 0 Å². The molecule has 0 saturated heterocycles. The van der Waals surface area contributed by atoms with E-state index >= 15 is 0 Å². The molecule has 0 unspecified atom stereocenters. The number of aromatic nitrogens is 2. The molecule has 80 valence electrons. The highest BCUT2D eigenvalue weighted by atomic mass is 15.3. The minimum Gasteiger partial charge on any atom is -0.330 e. The van der Waals surface area contributed by atoms with Gasteiger partial charge in [0.15, 0.2) is 0 Å². The molecule has 0 saturated carbocycles. The number of aryl methyl sites for hydroxylation is 2. The summed E-state index contributed by atoms with van der Waals surface area (Å²) in [7, 11) is 1.99. The Morgan fingerprint density at radius 1 is 1.40 bits per heavy atom. The van der Waals surface area contributed by atoms with E-state index in [1.54, 1.807) is 0 Å². The van der Waals surface area contributed by atoms with Crippen molar-refractivity contribution < 1.29 is 0 Å². The first kappa shape index (κ1) is 10.2. The minimum atomic E-state index is 0.698. The van der Waals surface area contributed by atoms with Gasteiger partial charge in [-0.3, -0.25) is 4.68 Å². The fourth-order valence-corrected chi connectivity index (χ4v) is 1.96. The van der Waals surface area contributed by atoms with Crippen LogP contribution < -0.4 is 5.73 Å². The standard InChI is InChI=1S/C12H17N3/c1-3-11-10-5-4-9(6-7-13)8-12(10)15(2)14-11/h4-5,8H,3,6-7,13H2,1-2H3. The summed E-state index contributed by atoms with van der Waals surface area (Å²) in [6.07, 6.45) is 1.91. The van der Waals surface area contributed by atoms with E-state index in [2.05, 4.69) is 30.2 Å². The number of hydrogen-bond acceptors (Lipinski definition) is 2. The van der Waals surface area contributed by atoms with Gasteiger partial charge >= 0.3 is 0 Å². The van der Waals surface area contributed by atoms with Crippen molar-refractivity contribution in [2.24, 2.45) is 12.8 Å². The molecule has 1 aromatic heterocycles. The molecule has 1 aromatic carbocycles. The van der Waals surface area contributed by atoms with E-state index in [9.17, 15) is 0 Å². The quantitative estimate of drug-likeness (QED) is 0.824. The van der Waals surface area contributed by atoms with Crippen molar-refractivity contribution in [1.82, 2.24) is 9.78 Å². The molecule has 0 radical (unpaired) electrons. The number of fused-ring (bicyclic) bond motifs is 1. The molecule has 0 aliphatic rings. The fourth-order valence-electron chi connectivity index (χ4n) is 1.96. The second-order valence-corrected chi connectivity index (χ2v) is 3.81. The average molecular weight is 203 g/mol. The van der Waals surface area contributed by atoms with E-state index in [1.165, 1.54) is 22.2 Å². The number of nitrogens with two attached hydrogens (primary N) is 1. The lowest BCUT2D eigenvalue weighted by Gasteiger charge is -2.00. The van der Waals surface area contributed by atoms with Crippen LogP contribution in [0.15, 0.2) is 18.2 Å². The molecule has 0 bridgehead atoms. The molecule has 2 N–H and O–H groups in total. The third-order valence-electron chi connectivity index (χ3n) is 2.76. The molecule has 15 heavy (non-hydrogen) atoms. The van der Waals surface area contributed by atoms with Gasteiger partial charge in [-0.25, -0.2) is 0 Å². The van der Waals surface area contributed by atoms with Gasteiger partial charge in [0, 0.05) is 12.4 Å². The van der Waals surface area contributed by atoms with E-state index in [0.717, 1.165) is 12.8 Å². The minimum absolute atomic E-state index is 0.698. The molecule has 0 atom stereocenters. The van der Waals surface area contributed by atoms with Crippen LogP contribution in [0.5, 0.6) is 0 Å². The fraction of sp³-hybridized carbons (Fsp3) is 0.417. The van der Waals surface area contributed by atoms with Crippen molar-refractivity contribution in [3.63, 3.8) is 0 Å². The van der Waals surface area contributed by atoms with Gasteiger partial charge in [0.2, 0.25) is 0 Å². The van der Waals surface area contributed by atoms with Gasteiger partial charge < -0.3 is 5.73 Å². The van der Waals surface area contributed by atoms with Crippen molar-refractivity contribution in [3.8, 4) is 0 Å².